The van der Waals surface area contributed by atoms with Crippen LogP contribution in [0.5, 0.6) is 5.75 Å². The average molecular weight is 322 g/mol. The van der Waals surface area contributed by atoms with Crippen molar-refractivity contribution in [3.8, 4) is 17.3 Å². The van der Waals surface area contributed by atoms with Crippen LogP contribution in [-0.2, 0) is 11.2 Å². The molecule has 1 aliphatic heterocycles. The van der Waals surface area contributed by atoms with E-state index >= 15 is 0 Å². The van der Waals surface area contributed by atoms with Gasteiger partial charge in [0.1, 0.15) is 11.4 Å². The Morgan fingerprint density at radius 1 is 1.29 bits per heavy atom. The van der Waals surface area contributed by atoms with E-state index in [1.807, 2.05) is 24.3 Å². The fourth-order valence-electron chi connectivity index (χ4n) is 2.75. The second-order valence-corrected chi connectivity index (χ2v) is 5.43. The summed E-state index contributed by atoms with van der Waals surface area (Å²) in [5.41, 5.74) is 2.29. The number of aromatic nitrogens is 3. The van der Waals surface area contributed by atoms with Crippen molar-refractivity contribution in [2.45, 2.75) is 12.3 Å². The molecule has 0 radical (unpaired) electrons. The van der Waals surface area contributed by atoms with Gasteiger partial charge in [-0.05, 0) is 23.8 Å². The fraction of sp³-hybridized carbons (Fsp3) is 0.176. The molecular formula is C17H14N4O3. The quantitative estimate of drug-likeness (QED) is 0.793. The van der Waals surface area contributed by atoms with Gasteiger partial charge in [0.2, 0.25) is 17.6 Å². The number of anilines is 1. The van der Waals surface area contributed by atoms with E-state index in [0.717, 1.165) is 11.3 Å². The number of hydrogen-bond donors (Lipinski definition) is 1. The first-order chi connectivity index (χ1) is 11.7. The van der Waals surface area contributed by atoms with Crippen molar-refractivity contribution in [3.05, 3.63) is 54.0 Å². The van der Waals surface area contributed by atoms with Crippen molar-refractivity contribution < 1.29 is 14.1 Å². The van der Waals surface area contributed by atoms with E-state index in [1.165, 1.54) is 0 Å². The minimum atomic E-state index is -0.358. The first kappa shape index (κ1) is 14.4. The molecule has 1 N–H and O–H groups in total. The number of nitrogens with one attached hydrogen (secondary N) is 1. The molecule has 0 spiro atoms. The fourth-order valence-corrected chi connectivity index (χ4v) is 2.75. The van der Waals surface area contributed by atoms with Crippen LogP contribution in [0.1, 0.15) is 17.4 Å². The number of carbonyl (C=O) groups is 1. The average Bonchev–Trinajstić information content (AvgIpc) is 3.20. The normalized spacial score (nSPS) is 15.9. The second kappa shape index (κ2) is 5.77. The van der Waals surface area contributed by atoms with Crippen LogP contribution < -0.4 is 10.1 Å². The highest BCUT2D eigenvalue weighted by molar-refractivity contribution is 6.03. The van der Waals surface area contributed by atoms with Crippen molar-refractivity contribution in [2.75, 3.05) is 12.4 Å². The largest absolute Gasteiger partial charge is 0.497 e. The molecule has 1 aliphatic rings. The van der Waals surface area contributed by atoms with Gasteiger partial charge < -0.3 is 14.6 Å². The Hall–Kier alpha value is -3.22. The van der Waals surface area contributed by atoms with Gasteiger partial charge in [-0.15, -0.1) is 0 Å². The van der Waals surface area contributed by atoms with Gasteiger partial charge in [-0.2, -0.15) is 4.98 Å². The molecule has 4 rings (SSSR count). The van der Waals surface area contributed by atoms with E-state index < -0.39 is 0 Å². The first-order valence-electron chi connectivity index (χ1n) is 7.47. The van der Waals surface area contributed by atoms with E-state index in [4.69, 9.17) is 9.26 Å². The van der Waals surface area contributed by atoms with Crippen molar-refractivity contribution in [1.82, 2.24) is 15.1 Å². The molecule has 7 nitrogen and oxygen atoms in total. The van der Waals surface area contributed by atoms with Gasteiger partial charge >= 0.3 is 0 Å². The topological polar surface area (TPSA) is 90.1 Å². The number of ether oxygens (including phenoxy) is 1. The van der Waals surface area contributed by atoms with Gasteiger partial charge in [-0.25, -0.2) is 0 Å². The molecule has 0 aliphatic carbocycles. The van der Waals surface area contributed by atoms with Crippen LogP contribution in [0.4, 0.5) is 5.69 Å². The molecule has 1 atom stereocenters. The Morgan fingerprint density at radius 2 is 2.21 bits per heavy atom. The molecule has 1 unspecified atom stereocenters. The predicted octanol–water partition coefficient (Wildman–Crippen LogP) is 2.42. The van der Waals surface area contributed by atoms with E-state index in [-0.39, 0.29) is 11.8 Å². The number of nitrogens with zero attached hydrogens (tertiary/aromatic N) is 3. The van der Waals surface area contributed by atoms with E-state index in [2.05, 4.69) is 20.4 Å². The SMILES string of the molecule is COc1ccc2c(c1)NC(=O)C2Cc1nc(-c2ccccn2)no1. The molecule has 0 fully saturated rings. The maximum absolute atomic E-state index is 12.3. The molecule has 3 heterocycles. The zero-order chi connectivity index (χ0) is 16.5. The summed E-state index contributed by atoms with van der Waals surface area (Å²) in [7, 11) is 1.59. The van der Waals surface area contributed by atoms with Crippen molar-refractivity contribution in [3.63, 3.8) is 0 Å². The summed E-state index contributed by atoms with van der Waals surface area (Å²) < 4.78 is 10.5. The number of amides is 1. The van der Waals surface area contributed by atoms with Crippen molar-refractivity contribution >= 4 is 11.6 Å². The van der Waals surface area contributed by atoms with Crippen LogP contribution in [0.25, 0.3) is 11.5 Å². The second-order valence-electron chi connectivity index (χ2n) is 5.43. The Morgan fingerprint density at radius 3 is 3.00 bits per heavy atom. The number of benzene rings is 1. The standard InChI is InChI=1S/C17H14N4O3/c1-23-10-5-6-11-12(17(22)19-14(11)8-10)9-15-20-16(21-24-15)13-4-2-3-7-18-13/h2-8,12H,9H2,1H3,(H,19,22). The summed E-state index contributed by atoms with van der Waals surface area (Å²) in [4.78, 5) is 20.8. The first-order valence-corrected chi connectivity index (χ1v) is 7.47. The summed E-state index contributed by atoms with van der Waals surface area (Å²) in [6.07, 6.45) is 2.00. The molecule has 120 valence electrons. The van der Waals surface area contributed by atoms with Crippen molar-refractivity contribution in [1.29, 1.82) is 0 Å². The number of rotatable bonds is 4. The highest BCUT2D eigenvalue weighted by atomic mass is 16.5. The summed E-state index contributed by atoms with van der Waals surface area (Å²) in [5.74, 6) is 1.07. The number of pyridine rings is 1. The van der Waals surface area contributed by atoms with Crippen LogP contribution in [0, 0.1) is 0 Å². The highest BCUT2D eigenvalue weighted by Crippen LogP contribution is 2.36. The van der Waals surface area contributed by atoms with Crippen LogP contribution >= 0.6 is 0 Å². The zero-order valence-corrected chi connectivity index (χ0v) is 12.9. The third-order valence-corrected chi connectivity index (χ3v) is 3.95. The van der Waals surface area contributed by atoms with E-state index in [1.54, 1.807) is 25.4 Å². The number of hydrogen-bond acceptors (Lipinski definition) is 6. The van der Waals surface area contributed by atoms with E-state index in [0.29, 0.717) is 29.6 Å². The highest BCUT2D eigenvalue weighted by Gasteiger charge is 2.32. The lowest BCUT2D eigenvalue weighted by Crippen LogP contribution is -2.14. The Balaban J connectivity index is 1.59. The monoisotopic (exact) mass is 322 g/mol. The minimum absolute atomic E-state index is 0.0872. The van der Waals surface area contributed by atoms with Gasteiger partial charge in [0.05, 0.1) is 13.0 Å². The van der Waals surface area contributed by atoms with Crippen LogP contribution in [-0.4, -0.2) is 28.1 Å². The van der Waals surface area contributed by atoms with Gasteiger partial charge in [-0.3, -0.25) is 9.78 Å². The van der Waals surface area contributed by atoms with Crippen LogP contribution in [0.15, 0.2) is 47.1 Å². The molecule has 0 saturated carbocycles. The van der Waals surface area contributed by atoms with Gasteiger partial charge in [0, 0.05) is 24.4 Å². The molecule has 2 aromatic heterocycles. The van der Waals surface area contributed by atoms with Crippen LogP contribution in [0.2, 0.25) is 0 Å². The lowest BCUT2D eigenvalue weighted by atomic mass is 9.97. The maximum atomic E-state index is 12.3. The zero-order valence-electron chi connectivity index (χ0n) is 12.9. The molecule has 1 amide bonds. The molecule has 7 heteroatoms. The van der Waals surface area contributed by atoms with Crippen molar-refractivity contribution in [2.24, 2.45) is 0 Å². The Labute approximate surface area is 137 Å². The molecule has 0 saturated heterocycles. The lowest BCUT2D eigenvalue weighted by molar-refractivity contribution is -0.117. The number of methoxy groups -OCH3 is 1. The summed E-state index contributed by atoms with van der Waals surface area (Å²) in [5, 5.41) is 6.80. The summed E-state index contributed by atoms with van der Waals surface area (Å²) >= 11 is 0. The van der Waals surface area contributed by atoms with Gasteiger partial charge in [-0.1, -0.05) is 17.3 Å². The smallest absolute Gasteiger partial charge is 0.232 e. The predicted molar refractivity (Wildman–Crippen MR) is 85.6 cm³/mol. The molecule has 24 heavy (non-hydrogen) atoms. The molecule has 1 aromatic carbocycles. The van der Waals surface area contributed by atoms with Gasteiger partial charge in [0.15, 0.2) is 0 Å². The Kier molecular flexibility index (Phi) is 3.45. The molecular weight excluding hydrogens is 308 g/mol. The third-order valence-electron chi connectivity index (χ3n) is 3.95. The minimum Gasteiger partial charge on any atom is -0.497 e. The summed E-state index contributed by atoms with van der Waals surface area (Å²) in [6.45, 7) is 0. The maximum Gasteiger partial charge on any atom is 0.232 e. The number of carbonyl (C=O) groups excluding carboxylic acids is 1. The third kappa shape index (κ3) is 2.50. The van der Waals surface area contributed by atoms with Crippen LogP contribution in [0.3, 0.4) is 0 Å². The molecule has 0 bridgehead atoms. The lowest BCUT2D eigenvalue weighted by Gasteiger charge is -2.06. The van der Waals surface area contributed by atoms with Gasteiger partial charge in [0.25, 0.3) is 0 Å². The summed E-state index contributed by atoms with van der Waals surface area (Å²) in [6, 6.07) is 11.0. The number of fused-ring (bicyclic) bond motifs is 1. The van der Waals surface area contributed by atoms with E-state index in [9.17, 15) is 4.79 Å². The molecule has 3 aromatic rings. The Bertz CT molecular complexity index is 892.